The van der Waals surface area contributed by atoms with Crippen LogP contribution >= 0.6 is 11.6 Å². The molecule has 4 aromatic rings. The van der Waals surface area contributed by atoms with E-state index in [4.69, 9.17) is 16.3 Å². The smallest absolute Gasteiger partial charge is 0.252 e. The number of hydrogen-bond acceptors (Lipinski definition) is 6. The van der Waals surface area contributed by atoms with E-state index >= 15 is 0 Å². The number of ketones is 1. The van der Waals surface area contributed by atoms with Gasteiger partial charge < -0.3 is 25.3 Å². The number of H-pyrrole nitrogens is 1. The summed E-state index contributed by atoms with van der Waals surface area (Å²) in [6.45, 7) is 1.15. The van der Waals surface area contributed by atoms with Gasteiger partial charge in [0.25, 0.3) is 5.91 Å². The predicted molar refractivity (Wildman–Crippen MR) is 130 cm³/mol. The second-order valence-electron chi connectivity index (χ2n) is 8.69. The molecule has 2 aliphatic rings. The second kappa shape index (κ2) is 7.58. The summed E-state index contributed by atoms with van der Waals surface area (Å²) in [5.74, 6) is 0.859. The van der Waals surface area contributed by atoms with Crippen molar-refractivity contribution >= 4 is 45.7 Å². The third kappa shape index (κ3) is 3.22. The van der Waals surface area contributed by atoms with Gasteiger partial charge in [0.15, 0.2) is 5.78 Å². The molecule has 1 spiro atoms. The summed E-state index contributed by atoms with van der Waals surface area (Å²) in [7, 11) is 1.95. The molecule has 9 heteroatoms. The molecule has 0 radical (unpaired) electrons. The van der Waals surface area contributed by atoms with E-state index in [2.05, 4.69) is 25.5 Å². The van der Waals surface area contributed by atoms with Crippen LogP contribution in [0.1, 0.15) is 15.9 Å². The van der Waals surface area contributed by atoms with Gasteiger partial charge in [0.05, 0.1) is 33.5 Å². The number of fused-ring (bicyclic) bond motifs is 3. The Balaban J connectivity index is 1.37. The van der Waals surface area contributed by atoms with Crippen molar-refractivity contribution in [2.24, 2.45) is 0 Å². The van der Waals surface area contributed by atoms with E-state index in [9.17, 15) is 9.59 Å². The number of rotatable bonds is 4. The average Bonchev–Trinajstić information content (AvgIpc) is 3.24. The fourth-order valence-corrected chi connectivity index (χ4v) is 4.90. The van der Waals surface area contributed by atoms with Crippen LogP contribution < -0.4 is 15.4 Å². The van der Waals surface area contributed by atoms with Crippen LogP contribution in [-0.2, 0) is 4.79 Å². The highest BCUT2D eigenvalue weighted by Gasteiger charge is 2.51. The molecule has 6 rings (SSSR count). The lowest BCUT2D eigenvalue weighted by Gasteiger charge is -2.50. The van der Waals surface area contributed by atoms with Gasteiger partial charge in [-0.05, 0) is 31.3 Å². The van der Waals surface area contributed by atoms with E-state index in [1.807, 2.05) is 37.4 Å². The average molecular weight is 474 g/mol. The van der Waals surface area contributed by atoms with Crippen LogP contribution in [0.15, 0.2) is 60.9 Å². The third-order valence-corrected chi connectivity index (χ3v) is 6.55. The number of carbonyl (C=O) groups excluding carboxylic acids is 2. The van der Waals surface area contributed by atoms with E-state index in [0.29, 0.717) is 58.1 Å². The van der Waals surface area contributed by atoms with Crippen molar-refractivity contribution in [1.82, 2.24) is 14.9 Å². The number of amides is 1. The summed E-state index contributed by atoms with van der Waals surface area (Å²) in [5, 5.41) is 7.25. The second-order valence-corrected chi connectivity index (χ2v) is 9.10. The molecule has 1 fully saturated rings. The summed E-state index contributed by atoms with van der Waals surface area (Å²) in [5.41, 5.74) is 1.82. The van der Waals surface area contributed by atoms with E-state index in [1.54, 1.807) is 30.6 Å². The Kier molecular flexibility index (Phi) is 4.62. The van der Waals surface area contributed by atoms with Crippen molar-refractivity contribution in [3.05, 3.63) is 77.1 Å². The molecule has 0 bridgehead atoms. The minimum absolute atomic E-state index is 0.0975. The number of benzene rings is 2. The number of likely N-dealkylation sites (N-methyl/N-ethyl adjacent to an activating group) is 1. The predicted octanol–water partition coefficient (Wildman–Crippen LogP) is 4.29. The molecule has 0 unspecified atom stereocenters. The molecule has 2 aromatic heterocycles. The topological polar surface area (TPSA) is 99.3 Å². The van der Waals surface area contributed by atoms with Crippen LogP contribution in [0.25, 0.3) is 11.0 Å². The molecule has 4 heterocycles. The Morgan fingerprint density at radius 2 is 1.91 bits per heavy atom. The largest absolute Gasteiger partial charge is 0.457 e. The number of aromatic nitrogens is 2. The molecule has 1 amide bonds. The van der Waals surface area contributed by atoms with E-state index < -0.39 is 5.54 Å². The number of likely N-dealkylation sites (tertiary alicyclic amines) is 1. The zero-order valence-electron chi connectivity index (χ0n) is 18.2. The lowest BCUT2D eigenvalue weighted by molar-refractivity contribution is -0.125. The third-order valence-electron chi connectivity index (χ3n) is 6.24. The van der Waals surface area contributed by atoms with Crippen molar-refractivity contribution in [1.29, 1.82) is 0 Å². The highest BCUT2D eigenvalue weighted by Crippen LogP contribution is 2.41. The fraction of sp³-hybridized carbons (Fsp3) is 0.160. The number of carbonyl (C=O) groups is 2. The molecular weight excluding hydrogens is 454 g/mol. The number of ether oxygens (including phenoxy) is 1. The molecule has 0 saturated carbocycles. The van der Waals surface area contributed by atoms with Crippen molar-refractivity contribution in [2.45, 2.75) is 5.54 Å². The summed E-state index contributed by atoms with van der Waals surface area (Å²) in [4.78, 5) is 35.8. The van der Waals surface area contributed by atoms with Crippen LogP contribution in [0.2, 0.25) is 5.02 Å². The minimum Gasteiger partial charge on any atom is -0.457 e. The lowest BCUT2D eigenvalue weighted by Crippen LogP contribution is -2.71. The molecular formula is C25H20ClN5O3. The normalized spacial score (nSPS) is 16.5. The van der Waals surface area contributed by atoms with Crippen molar-refractivity contribution in [3.8, 4) is 11.5 Å². The quantitative estimate of drug-likeness (QED) is 0.382. The Labute approximate surface area is 199 Å². The molecule has 0 aliphatic carbocycles. The van der Waals surface area contributed by atoms with E-state index in [-0.39, 0.29) is 16.7 Å². The monoisotopic (exact) mass is 473 g/mol. The standard InChI is InChI=1S/C25H20ClN5O3/c1-31-12-25(13-31)24(33)29-19-11-28-23-20(21(19)30-25)17(10-27-23)22(32)16-8-7-15(9-18(16)26)34-14-5-3-2-4-6-14/h2-11,30H,12-13H2,1H3,(H,27,28)(H,29,33). The summed E-state index contributed by atoms with van der Waals surface area (Å²) < 4.78 is 5.82. The van der Waals surface area contributed by atoms with Crippen LogP contribution in [0.3, 0.4) is 0 Å². The Bertz CT molecular complexity index is 1460. The van der Waals surface area contributed by atoms with Gasteiger partial charge in [0, 0.05) is 30.9 Å². The van der Waals surface area contributed by atoms with Gasteiger partial charge in [-0.25, -0.2) is 4.98 Å². The van der Waals surface area contributed by atoms with Gasteiger partial charge in [0.2, 0.25) is 0 Å². The van der Waals surface area contributed by atoms with Crippen molar-refractivity contribution in [2.75, 3.05) is 30.8 Å². The Morgan fingerprint density at radius 1 is 1.12 bits per heavy atom. The zero-order valence-corrected chi connectivity index (χ0v) is 18.9. The van der Waals surface area contributed by atoms with Gasteiger partial charge in [-0.15, -0.1) is 0 Å². The number of nitrogens with one attached hydrogen (secondary N) is 3. The Morgan fingerprint density at radius 3 is 2.65 bits per heavy atom. The lowest BCUT2D eigenvalue weighted by atomic mass is 9.86. The maximum absolute atomic E-state index is 13.6. The van der Waals surface area contributed by atoms with Crippen LogP contribution in [0.4, 0.5) is 11.4 Å². The molecule has 2 aromatic carbocycles. The summed E-state index contributed by atoms with van der Waals surface area (Å²) in [6, 6.07) is 14.3. The van der Waals surface area contributed by atoms with Crippen LogP contribution in [-0.4, -0.2) is 52.2 Å². The van der Waals surface area contributed by atoms with Crippen molar-refractivity contribution < 1.29 is 14.3 Å². The number of anilines is 2. The highest BCUT2D eigenvalue weighted by molar-refractivity contribution is 6.36. The van der Waals surface area contributed by atoms with Gasteiger partial charge >= 0.3 is 0 Å². The SMILES string of the molecule is CN1CC2(C1)Nc1c(cnc3[nH]cc(C(=O)c4ccc(Oc5ccccc5)cc4Cl)c13)NC2=O. The fourth-order valence-electron chi connectivity index (χ4n) is 4.65. The first kappa shape index (κ1) is 20.7. The first-order valence-corrected chi connectivity index (χ1v) is 11.2. The van der Waals surface area contributed by atoms with Gasteiger partial charge in [-0.1, -0.05) is 29.8 Å². The summed E-state index contributed by atoms with van der Waals surface area (Å²) in [6.07, 6.45) is 3.22. The number of para-hydroxylation sites is 1. The number of halogens is 1. The number of aromatic amines is 1. The van der Waals surface area contributed by atoms with Crippen LogP contribution in [0.5, 0.6) is 11.5 Å². The van der Waals surface area contributed by atoms with E-state index in [1.165, 1.54) is 0 Å². The maximum atomic E-state index is 13.6. The first-order valence-electron chi connectivity index (χ1n) is 10.8. The van der Waals surface area contributed by atoms with Gasteiger partial charge in [-0.2, -0.15) is 0 Å². The maximum Gasteiger partial charge on any atom is 0.252 e. The number of pyridine rings is 1. The van der Waals surface area contributed by atoms with E-state index in [0.717, 1.165) is 0 Å². The molecule has 2 aliphatic heterocycles. The van der Waals surface area contributed by atoms with Gasteiger partial charge in [-0.3, -0.25) is 9.59 Å². The molecule has 8 nitrogen and oxygen atoms in total. The number of nitrogens with zero attached hydrogens (tertiary/aromatic N) is 2. The molecule has 1 saturated heterocycles. The molecule has 3 N–H and O–H groups in total. The molecule has 170 valence electrons. The van der Waals surface area contributed by atoms with Gasteiger partial charge in [0.1, 0.15) is 22.7 Å². The summed E-state index contributed by atoms with van der Waals surface area (Å²) >= 11 is 6.51. The number of hydrogen-bond donors (Lipinski definition) is 3. The molecule has 0 atom stereocenters. The minimum atomic E-state index is -0.721. The van der Waals surface area contributed by atoms with Crippen LogP contribution in [0, 0.1) is 0 Å². The first-order chi connectivity index (χ1) is 16.4. The Hall–Kier alpha value is -3.88. The highest BCUT2D eigenvalue weighted by atomic mass is 35.5. The molecule has 34 heavy (non-hydrogen) atoms. The van der Waals surface area contributed by atoms with Crippen molar-refractivity contribution in [3.63, 3.8) is 0 Å². The zero-order chi connectivity index (χ0) is 23.4.